The van der Waals surface area contributed by atoms with Crippen molar-refractivity contribution in [3.8, 4) is 12.3 Å². The molecular weight excluding hydrogens is 168 g/mol. The first-order valence-electron chi connectivity index (χ1n) is 3.74. The zero-order chi connectivity index (χ0) is 9.84. The Bertz CT molecular complexity index is 349. The third-order valence-corrected chi connectivity index (χ3v) is 1.53. The number of hydrogen-bond acceptors (Lipinski definition) is 4. The summed E-state index contributed by atoms with van der Waals surface area (Å²) in [5.41, 5.74) is 5.75. The minimum atomic E-state index is -0.679. The molecule has 0 spiro atoms. The predicted octanol–water partition coefficient (Wildman–Crippen LogP) is -0.652. The number of ketones is 1. The van der Waals surface area contributed by atoms with Crippen LogP contribution in [0.2, 0.25) is 0 Å². The van der Waals surface area contributed by atoms with E-state index in [4.69, 9.17) is 12.2 Å². The summed E-state index contributed by atoms with van der Waals surface area (Å²) in [6, 6.07) is -0.679. The Labute approximate surface area is 75.9 Å². The number of aryl methyl sites for hydroxylation is 1. The summed E-state index contributed by atoms with van der Waals surface area (Å²) in [7, 11) is 1.63. The molecule has 0 radical (unpaired) electrons. The average molecular weight is 178 g/mol. The van der Waals surface area contributed by atoms with E-state index in [1.807, 2.05) is 0 Å². The summed E-state index contributed by atoms with van der Waals surface area (Å²) in [5.74, 6) is 2.05. The van der Waals surface area contributed by atoms with Gasteiger partial charge in [0.05, 0.1) is 12.2 Å². The van der Waals surface area contributed by atoms with Crippen LogP contribution in [-0.4, -0.2) is 26.8 Å². The number of rotatable bonds is 3. The summed E-state index contributed by atoms with van der Waals surface area (Å²) in [6.07, 6.45) is 6.62. The maximum Gasteiger partial charge on any atom is 0.202 e. The van der Waals surface area contributed by atoms with E-state index >= 15 is 0 Å². The molecule has 0 aliphatic heterocycles. The summed E-state index contributed by atoms with van der Waals surface area (Å²) in [5, 5.41) is 7.58. The molecule has 0 aliphatic rings. The highest BCUT2D eigenvalue weighted by Gasteiger charge is 2.17. The van der Waals surface area contributed by atoms with Crippen molar-refractivity contribution in [2.75, 3.05) is 0 Å². The smallest absolute Gasteiger partial charge is 0.202 e. The van der Waals surface area contributed by atoms with E-state index in [0.717, 1.165) is 0 Å². The highest BCUT2D eigenvalue weighted by atomic mass is 16.1. The second kappa shape index (κ2) is 3.83. The van der Waals surface area contributed by atoms with Crippen molar-refractivity contribution in [2.45, 2.75) is 12.5 Å². The predicted molar refractivity (Wildman–Crippen MR) is 46.8 cm³/mol. The first-order chi connectivity index (χ1) is 6.15. The van der Waals surface area contributed by atoms with Gasteiger partial charge in [0.15, 0.2) is 0 Å². The van der Waals surface area contributed by atoms with Crippen LogP contribution < -0.4 is 5.73 Å². The van der Waals surface area contributed by atoms with Gasteiger partial charge in [-0.1, -0.05) is 0 Å². The molecule has 0 bridgehead atoms. The van der Waals surface area contributed by atoms with Crippen molar-refractivity contribution in [3.63, 3.8) is 0 Å². The van der Waals surface area contributed by atoms with Gasteiger partial charge in [-0.05, 0) is 0 Å². The Morgan fingerprint density at radius 1 is 1.92 bits per heavy atom. The zero-order valence-electron chi connectivity index (χ0n) is 7.27. The van der Waals surface area contributed by atoms with Gasteiger partial charge in [0, 0.05) is 13.5 Å². The topological polar surface area (TPSA) is 73.8 Å². The standard InChI is InChI=1S/C8H10N4O/c1-3-4-6(9)8(13)7-5-10-12(2)11-7/h1,5-6H,4,9H2,2H3. The number of hydrogen-bond donors (Lipinski definition) is 1. The molecule has 1 heterocycles. The van der Waals surface area contributed by atoms with E-state index in [-0.39, 0.29) is 17.9 Å². The highest BCUT2D eigenvalue weighted by molar-refractivity contribution is 5.98. The van der Waals surface area contributed by atoms with Crippen LogP contribution >= 0.6 is 0 Å². The molecule has 0 saturated heterocycles. The van der Waals surface area contributed by atoms with Crippen LogP contribution in [0.15, 0.2) is 6.20 Å². The highest BCUT2D eigenvalue weighted by Crippen LogP contribution is 1.98. The van der Waals surface area contributed by atoms with Gasteiger partial charge in [0.2, 0.25) is 5.78 Å². The average Bonchev–Trinajstić information content (AvgIpc) is 2.51. The van der Waals surface area contributed by atoms with E-state index in [9.17, 15) is 4.79 Å². The molecule has 1 atom stereocenters. The van der Waals surface area contributed by atoms with E-state index in [2.05, 4.69) is 16.1 Å². The number of aromatic nitrogens is 3. The Morgan fingerprint density at radius 3 is 3.08 bits per heavy atom. The third-order valence-electron chi connectivity index (χ3n) is 1.53. The number of nitrogens with two attached hydrogens (primary N) is 1. The molecule has 13 heavy (non-hydrogen) atoms. The maximum atomic E-state index is 11.4. The number of carbonyl (C=O) groups excluding carboxylic acids is 1. The molecule has 0 saturated carbocycles. The fraction of sp³-hybridized carbons (Fsp3) is 0.375. The Morgan fingerprint density at radius 2 is 2.62 bits per heavy atom. The van der Waals surface area contributed by atoms with E-state index < -0.39 is 6.04 Å². The molecule has 0 aliphatic carbocycles. The van der Waals surface area contributed by atoms with Gasteiger partial charge in [-0.25, -0.2) is 0 Å². The van der Waals surface area contributed by atoms with Crippen molar-refractivity contribution in [1.29, 1.82) is 0 Å². The van der Waals surface area contributed by atoms with Crippen molar-refractivity contribution in [2.24, 2.45) is 12.8 Å². The molecule has 68 valence electrons. The van der Waals surface area contributed by atoms with Crippen molar-refractivity contribution in [1.82, 2.24) is 15.0 Å². The number of carbonyl (C=O) groups is 1. The van der Waals surface area contributed by atoms with Crippen molar-refractivity contribution in [3.05, 3.63) is 11.9 Å². The number of terminal acetylenes is 1. The quantitative estimate of drug-likeness (QED) is 0.493. The van der Waals surface area contributed by atoms with Gasteiger partial charge < -0.3 is 5.73 Å². The van der Waals surface area contributed by atoms with Gasteiger partial charge in [-0.15, -0.1) is 12.3 Å². The van der Waals surface area contributed by atoms with Gasteiger partial charge in [-0.3, -0.25) is 4.79 Å². The number of Topliss-reactive ketones (excluding diaryl/α,β-unsaturated/α-hetero) is 1. The zero-order valence-corrected chi connectivity index (χ0v) is 7.27. The molecule has 0 amide bonds. The fourth-order valence-electron chi connectivity index (χ4n) is 0.868. The van der Waals surface area contributed by atoms with E-state index in [1.54, 1.807) is 7.05 Å². The third kappa shape index (κ3) is 2.13. The summed E-state index contributed by atoms with van der Waals surface area (Å²) in [6.45, 7) is 0. The van der Waals surface area contributed by atoms with Crippen LogP contribution in [0.1, 0.15) is 16.9 Å². The van der Waals surface area contributed by atoms with Crippen LogP contribution in [0, 0.1) is 12.3 Å². The van der Waals surface area contributed by atoms with Crippen LogP contribution in [0.5, 0.6) is 0 Å². The Balaban J connectivity index is 2.74. The molecule has 0 fully saturated rings. The Kier molecular flexibility index (Phi) is 2.77. The monoisotopic (exact) mass is 178 g/mol. The second-order valence-electron chi connectivity index (χ2n) is 2.60. The van der Waals surface area contributed by atoms with Crippen LogP contribution in [0.3, 0.4) is 0 Å². The molecule has 1 aromatic rings. The lowest BCUT2D eigenvalue weighted by Crippen LogP contribution is -2.30. The van der Waals surface area contributed by atoms with Gasteiger partial charge in [0.25, 0.3) is 0 Å². The van der Waals surface area contributed by atoms with E-state index in [0.29, 0.717) is 0 Å². The SMILES string of the molecule is C#CCC(N)C(=O)c1cnn(C)n1. The molecule has 1 aromatic heterocycles. The van der Waals surface area contributed by atoms with Gasteiger partial charge >= 0.3 is 0 Å². The van der Waals surface area contributed by atoms with Gasteiger partial charge in [0.1, 0.15) is 5.69 Å². The Hall–Kier alpha value is -1.67. The van der Waals surface area contributed by atoms with Crippen molar-refractivity contribution < 1.29 is 4.79 Å². The number of nitrogens with zero attached hydrogens (tertiary/aromatic N) is 3. The molecule has 1 rings (SSSR count). The maximum absolute atomic E-state index is 11.4. The first-order valence-corrected chi connectivity index (χ1v) is 3.74. The largest absolute Gasteiger partial charge is 0.320 e. The van der Waals surface area contributed by atoms with Crippen molar-refractivity contribution >= 4 is 5.78 Å². The molecule has 1 unspecified atom stereocenters. The molecule has 2 N–H and O–H groups in total. The molecule has 5 heteroatoms. The molecular formula is C8H10N4O. The minimum Gasteiger partial charge on any atom is -0.320 e. The van der Waals surface area contributed by atoms with Crippen LogP contribution in [-0.2, 0) is 7.05 Å². The van der Waals surface area contributed by atoms with Crippen LogP contribution in [0.4, 0.5) is 0 Å². The van der Waals surface area contributed by atoms with Gasteiger partial charge in [-0.2, -0.15) is 15.0 Å². The summed E-state index contributed by atoms with van der Waals surface area (Å²) < 4.78 is 0. The normalized spacial score (nSPS) is 12.1. The minimum absolute atomic E-state index is 0.218. The lowest BCUT2D eigenvalue weighted by Gasteiger charge is -2.02. The lowest BCUT2D eigenvalue weighted by atomic mass is 10.1. The summed E-state index contributed by atoms with van der Waals surface area (Å²) >= 11 is 0. The molecule has 0 aromatic carbocycles. The summed E-state index contributed by atoms with van der Waals surface area (Å²) in [4.78, 5) is 12.7. The first kappa shape index (κ1) is 9.42. The second-order valence-corrected chi connectivity index (χ2v) is 2.60. The molecule has 5 nitrogen and oxygen atoms in total. The lowest BCUT2D eigenvalue weighted by molar-refractivity contribution is 0.0957. The van der Waals surface area contributed by atoms with E-state index in [1.165, 1.54) is 11.0 Å². The van der Waals surface area contributed by atoms with Crippen LogP contribution in [0.25, 0.3) is 0 Å². The fourth-order valence-corrected chi connectivity index (χ4v) is 0.868.